The molecule has 11 heavy (non-hydrogen) atoms. The first-order chi connectivity index (χ1) is 5.41. The molecule has 3 N–H and O–H groups in total. The van der Waals surface area contributed by atoms with Gasteiger partial charge in [-0.1, -0.05) is 21.6 Å². The molecule has 0 aromatic heterocycles. The minimum absolute atomic E-state index is 0.251. The van der Waals surface area contributed by atoms with Gasteiger partial charge in [0, 0.05) is 18.1 Å². The van der Waals surface area contributed by atoms with Crippen LogP contribution in [-0.4, -0.2) is 43.0 Å². The third kappa shape index (κ3) is 10.6. The van der Waals surface area contributed by atoms with Crippen molar-refractivity contribution in [2.75, 3.05) is 37.9 Å². The van der Waals surface area contributed by atoms with Gasteiger partial charge in [-0.3, -0.25) is 0 Å². The van der Waals surface area contributed by atoms with E-state index < -0.39 is 0 Å². The van der Waals surface area contributed by atoms with Gasteiger partial charge in [0.25, 0.3) is 0 Å². The molecule has 0 saturated carbocycles. The Kier molecular flexibility index (Phi) is 11.1. The van der Waals surface area contributed by atoms with Crippen molar-refractivity contribution in [3.05, 3.63) is 0 Å². The van der Waals surface area contributed by atoms with Gasteiger partial charge >= 0.3 is 0 Å². The van der Waals surface area contributed by atoms with Crippen molar-refractivity contribution in [1.29, 1.82) is 0 Å². The van der Waals surface area contributed by atoms with Crippen molar-refractivity contribution < 1.29 is 9.84 Å². The normalized spacial score (nSPS) is 10.4. The summed E-state index contributed by atoms with van der Waals surface area (Å²) in [4.78, 5) is 0. The molecule has 0 aliphatic carbocycles. The molecule has 0 radical (unpaired) electrons. The van der Waals surface area contributed by atoms with E-state index in [0.717, 1.165) is 18.1 Å². The zero-order valence-electron chi connectivity index (χ0n) is 6.49. The first-order valence-electron chi connectivity index (χ1n) is 3.55. The van der Waals surface area contributed by atoms with Crippen LogP contribution in [0.1, 0.15) is 0 Å². The summed E-state index contributed by atoms with van der Waals surface area (Å²) in [5.74, 6) is 1.76. The van der Waals surface area contributed by atoms with Crippen molar-refractivity contribution in [3.63, 3.8) is 0 Å². The van der Waals surface area contributed by atoms with E-state index in [1.54, 1.807) is 21.6 Å². The lowest BCUT2D eigenvalue weighted by Gasteiger charge is -2.00. The molecular weight excluding hydrogens is 182 g/mol. The van der Waals surface area contributed by atoms with Crippen LogP contribution in [0.15, 0.2) is 0 Å². The lowest BCUT2D eigenvalue weighted by Crippen LogP contribution is -2.09. The largest absolute Gasteiger partial charge is 0.395 e. The van der Waals surface area contributed by atoms with Crippen molar-refractivity contribution in [2.24, 2.45) is 5.73 Å². The number of hydrogen-bond acceptors (Lipinski definition) is 5. The standard InChI is InChI=1S/C6H15NO2S2/c7-1-3-9-4-6-11-10-5-2-8/h8H,1-7H2. The molecular formula is C6H15NO2S2. The molecule has 0 heterocycles. The van der Waals surface area contributed by atoms with Gasteiger partial charge in [-0.05, 0) is 0 Å². The molecule has 0 rings (SSSR count). The van der Waals surface area contributed by atoms with E-state index in [4.69, 9.17) is 15.6 Å². The highest BCUT2D eigenvalue weighted by molar-refractivity contribution is 8.76. The van der Waals surface area contributed by atoms with Gasteiger partial charge in [0.15, 0.2) is 0 Å². The van der Waals surface area contributed by atoms with Crippen LogP contribution < -0.4 is 5.73 Å². The molecule has 0 aromatic carbocycles. The van der Waals surface area contributed by atoms with Crippen LogP contribution in [0.4, 0.5) is 0 Å². The van der Waals surface area contributed by atoms with Crippen LogP contribution in [-0.2, 0) is 4.74 Å². The molecule has 5 heteroatoms. The fourth-order valence-electron chi connectivity index (χ4n) is 0.433. The second kappa shape index (κ2) is 10.6. The van der Waals surface area contributed by atoms with Crippen LogP contribution in [0.3, 0.4) is 0 Å². The molecule has 0 bridgehead atoms. The summed E-state index contributed by atoms with van der Waals surface area (Å²) < 4.78 is 5.14. The number of nitrogens with two attached hydrogens (primary N) is 1. The van der Waals surface area contributed by atoms with Crippen LogP contribution in [0.25, 0.3) is 0 Å². The second-order valence-corrected chi connectivity index (χ2v) is 4.47. The van der Waals surface area contributed by atoms with E-state index in [1.807, 2.05) is 0 Å². The number of aliphatic hydroxyl groups is 1. The van der Waals surface area contributed by atoms with Crippen molar-refractivity contribution in [3.8, 4) is 0 Å². The second-order valence-electron chi connectivity index (χ2n) is 1.77. The summed E-state index contributed by atoms with van der Waals surface area (Å²) in [5.41, 5.74) is 5.22. The van der Waals surface area contributed by atoms with Gasteiger partial charge in [0.05, 0.1) is 19.8 Å². The highest BCUT2D eigenvalue weighted by atomic mass is 33.1. The molecule has 0 aliphatic rings. The lowest BCUT2D eigenvalue weighted by molar-refractivity contribution is 0.158. The van der Waals surface area contributed by atoms with E-state index in [-0.39, 0.29) is 6.61 Å². The highest BCUT2D eigenvalue weighted by Gasteiger charge is 1.89. The Balaban J connectivity index is 2.69. The molecule has 68 valence electrons. The summed E-state index contributed by atoms with van der Waals surface area (Å²) in [6, 6.07) is 0. The maximum atomic E-state index is 8.43. The summed E-state index contributed by atoms with van der Waals surface area (Å²) in [7, 11) is 3.39. The van der Waals surface area contributed by atoms with Crippen LogP contribution in [0.5, 0.6) is 0 Å². The fraction of sp³-hybridized carbons (Fsp3) is 1.00. The van der Waals surface area contributed by atoms with Gasteiger partial charge in [0.1, 0.15) is 0 Å². The van der Waals surface area contributed by atoms with E-state index >= 15 is 0 Å². The molecule has 0 spiro atoms. The predicted molar refractivity (Wildman–Crippen MR) is 51.9 cm³/mol. The molecule has 0 amide bonds. The van der Waals surface area contributed by atoms with Crippen LogP contribution in [0.2, 0.25) is 0 Å². The Labute approximate surface area is 75.5 Å². The summed E-state index contributed by atoms with van der Waals surface area (Å²) >= 11 is 0. The number of rotatable bonds is 8. The van der Waals surface area contributed by atoms with E-state index in [2.05, 4.69) is 0 Å². The zero-order chi connectivity index (χ0) is 8.36. The first kappa shape index (κ1) is 11.6. The Morgan fingerprint density at radius 2 is 1.91 bits per heavy atom. The molecule has 0 aromatic rings. The minimum atomic E-state index is 0.251. The monoisotopic (exact) mass is 197 g/mol. The van der Waals surface area contributed by atoms with Gasteiger partial charge < -0.3 is 15.6 Å². The quantitative estimate of drug-likeness (QED) is 0.434. The van der Waals surface area contributed by atoms with Gasteiger partial charge in [-0.2, -0.15) is 0 Å². The topological polar surface area (TPSA) is 55.5 Å². The Morgan fingerprint density at radius 1 is 1.18 bits per heavy atom. The zero-order valence-corrected chi connectivity index (χ0v) is 8.12. The molecule has 0 unspecified atom stereocenters. The summed E-state index contributed by atoms with van der Waals surface area (Å²) in [6.07, 6.45) is 0. The average molecular weight is 197 g/mol. The molecule has 0 atom stereocenters. The average Bonchev–Trinajstić information content (AvgIpc) is 2.03. The fourth-order valence-corrected chi connectivity index (χ4v) is 2.06. The smallest absolute Gasteiger partial charge is 0.0589 e. The number of ether oxygens (including phenoxy) is 1. The third-order valence-corrected chi connectivity index (χ3v) is 3.18. The van der Waals surface area contributed by atoms with Crippen LogP contribution in [0, 0.1) is 0 Å². The highest BCUT2D eigenvalue weighted by Crippen LogP contribution is 2.19. The van der Waals surface area contributed by atoms with Gasteiger partial charge in [-0.25, -0.2) is 0 Å². The van der Waals surface area contributed by atoms with E-state index in [0.29, 0.717) is 13.2 Å². The number of hydrogen-bond donors (Lipinski definition) is 2. The van der Waals surface area contributed by atoms with Crippen molar-refractivity contribution in [2.45, 2.75) is 0 Å². The van der Waals surface area contributed by atoms with Crippen molar-refractivity contribution >= 4 is 21.6 Å². The Bertz CT molecular complexity index is 67.6. The maximum absolute atomic E-state index is 8.43. The molecule has 0 saturated heterocycles. The Morgan fingerprint density at radius 3 is 2.55 bits per heavy atom. The predicted octanol–water partition coefficient (Wildman–Crippen LogP) is 0.335. The maximum Gasteiger partial charge on any atom is 0.0589 e. The summed E-state index contributed by atoms with van der Waals surface area (Å²) in [5, 5.41) is 8.43. The number of aliphatic hydroxyl groups excluding tert-OH is 1. The minimum Gasteiger partial charge on any atom is -0.395 e. The third-order valence-electron chi connectivity index (χ3n) is 0.831. The Hall–Kier alpha value is 0.580. The molecule has 3 nitrogen and oxygen atoms in total. The van der Waals surface area contributed by atoms with Gasteiger partial charge in [0.2, 0.25) is 0 Å². The molecule has 0 fully saturated rings. The van der Waals surface area contributed by atoms with E-state index in [1.165, 1.54) is 0 Å². The summed E-state index contributed by atoms with van der Waals surface area (Å²) in [6.45, 7) is 2.24. The van der Waals surface area contributed by atoms with Crippen LogP contribution >= 0.6 is 21.6 Å². The molecule has 0 aliphatic heterocycles. The van der Waals surface area contributed by atoms with Gasteiger partial charge in [-0.15, -0.1) is 0 Å². The first-order valence-corrected chi connectivity index (χ1v) is 6.03. The van der Waals surface area contributed by atoms with Crippen molar-refractivity contribution in [1.82, 2.24) is 0 Å². The lowest BCUT2D eigenvalue weighted by atomic mass is 10.7. The SMILES string of the molecule is NCCOCCSSCCO. The van der Waals surface area contributed by atoms with E-state index in [9.17, 15) is 0 Å².